The Morgan fingerprint density at radius 2 is 2.20 bits per heavy atom. The molecule has 0 aromatic carbocycles. The number of pyridine rings is 1. The minimum absolute atomic E-state index is 0. The third-order valence-electron chi connectivity index (χ3n) is 1.21. The van der Waals surface area contributed by atoms with E-state index in [2.05, 4.69) is 10.3 Å². The van der Waals surface area contributed by atoms with Gasteiger partial charge < -0.3 is 6.15 Å². The van der Waals surface area contributed by atoms with Crippen LogP contribution in [0.25, 0.3) is 5.52 Å². The standard InChI is InChI=1S/C6H5N3.H3N/c1-2-4-9-6(3-1)5-7-8-9;/h1-5H;1H3. The van der Waals surface area contributed by atoms with Crippen LogP contribution >= 0.6 is 0 Å². The molecule has 2 aromatic rings. The van der Waals surface area contributed by atoms with Gasteiger partial charge in [-0.1, -0.05) is 11.3 Å². The van der Waals surface area contributed by atoms with E-state index in [1.807, 2.05) is 24.4 Å². The quantitative estimate of drug-likeness (QED) is 0.585. The molecule has 0 aliphatic carbocycles. The van der Waals surface area contributed by atoms with Gasteiger partial charge in [-0.15, -0.1) is 5.10 Å². The molecule has 10 heavy (non-hydrogen) atoms. The first-order valence-corrected chi connectivity index (χ1v) is 2.72. The summed E-state index contributed by atoms with van der Waals surface area (Å²) in [6, 6.07) is 5.83. The van der Waals surface area contributed by atoms with E-state index in [1.54, 1.807) is 10.7 Å². The van der Waals surface area contributed by atoms with Crippen molar-refractivity contribution in [2.75, 3.05) is 0 Å². The van der Waals surface area contributed by atoms with Gasteiger partial charge in [-0.2, -0.15) is 0 Å². The Morgan fingerprint density at radius 1 is 1.30 bits per heavy atom. The normalized spacial score (nSPS) is 9.20. The number of aromatic nitrogens is 3. The second kappa shape index (κ2) is 2.45. The Hall–Kier alpha value is -1.42. The summed E-state index contributed by atoms with van der Waals surface area (Å²) in [6.07, 6.45) is 3.59. The molecule has 3 N–H and O–H groups in total. The fourth-order valence-electron chi connectivity index (χ4n) is 0.772. The largest absolute Gasteiger partial charge is 0.344 e. The van der Waals surface area contributed by atoms with Crippen LogP contribution in [0.5, 0.6) is 0 Å². The average molecular weight is 136 g/mol. The molecule has 0 radical (unpaired) electrons. The molecule has 0 saturated heterocycles. The van der Waals surface area contributed by atoms with Crippen molar-refractivity contribution in [1.82, 2.24) is 21.0 Å². The van der Waals surface area contributed by atoms with Crippen molar-refractivity contribution in [1.29, 1.82) is 0 Å². The molecule has 0 aliphatic rings. The van der Waals surface area contributed by atoms with Gasteiger partial charge in [0.25, 0.3) is 0 Å². The van der Waals surface area contributed by atoms with Gasteiger partial charge in [-0.05, 0) is 12.1 Å². The number of rotatable bonds is 0. The summed E-state index contributed by atoms with van der Waals surface area (Å²) in [5, 5.41) is 7.50. The van der Waals surface area contributed by atoms with E-state index in [1.165, 1.54) is 0 Å². The third-order valence-corrected chi connectivity index (χ3v) is 1.21. The number of hydrogen-bond donors (Lipinski definition) is 1. The van der Waals surface area contributed by atoms with Crippen LogP contribution in [0.3, 0.4) is 0 Å². The van der Waals surface area contributed by atoms with Gasteiger partial charge >= 0.3 is 0 Å². The van der Waals surface area contributed by atoms with Crippen LogP contribution in [-0.2, 0) is 0 Å². The van der Waals surface area contributed by atoms with Gasteiger partial charge in [0, 0.05) is 6.20 Å². The number of nitrogens with zero attached hydrogens (tertiary/aromatic N) is 3. The lowest BCUT2D eigenvalue weighted by molar-refractivity contribution is 0.855. The molecule has 4 heteroatoms. The van der Waals surface area contributed by atoms with Crippen LogP contribution < -0.4 is 6.15 Å². The molecule has 0 spiro atoms. The van der Waals surface area contributed by atoms with Gasteiger partial charge in [0.1, 0.15) is 0 Å². The van der Waals surface area contributed by atoms with Crippen molar-refractivity contribution in [2.45, 2.75) is 0 Å². The summed E-state index contributed by atoms with van der Waals surface area (Å²) < 4.78 is 1.72. The van der Waals surface area contributed by atoms with E-state index in [9.17, 15) is 0 Å². The first kappa shape index (κ1) is 6.70. The summed E-state index contributed by atoms with van der Waals surface area (Å²) >= 11 is 0. The highest BCUT2D eigenvalue weighted by atomic mass is 15.4. The van der Waals surface area contributed by atoms with Crippen LogP contribution in [0.4, 0.5) is 0 Å². The highest BCUT2D eigenvalue weighted by Crippen LogP contribution is 1.95. The lowest BCUT2D eigenvalue weighted by Crippen LogP contribution is -1.82. The van der Waals surface area contributed by atoms with Gasteiger partial charge in [-0.3, -0.25) is 0 Å². The van der Waals surface area contributed by atoms with E-state index in [0.29, 0.717) is 0 Å². The Kier molecular flexibility index (Phi) is 1.64. The topological polar surface area (TPSA) is 65.2 Å². The predicted octanol–water partition coefficient (Wildman–Crippen LogP) is 0.891. The van der Waals surface area contributed by atoms with E-state index >= 15 is 0 Å². The van der Waals surface area contributed by atoms with Gasteiger partial charge in [0.2, 0.25) is 0 Å². The fraction of sp³-hybridized carbons (Fsp3) is 0. The van der Waals surface area contributed by atoms with E-state index in [0.717, 1.165) is 5.52 Å². The molecular weight excluding hydrogens is 128 g/mol. The minimum atomic E-state index is 0. The maximum atomic E-state index is 3.79. The zero-order valence-corrected chi connectivity index (χ0v) is 5.44. The monoisotopic (exact) mass is 136 g/mol. The molecule has 0 bridgehead atoms. The van der Waals surface area contributed by atoms with Crippen molar-refractivity contribution in [2.24, 2.45) is 0 Å². The molecule has 0 saturated carbocycles. The smallest absolute Gasteiger partial charge is 0.0864 e. The number of fused-ring (bicyclic) bond motifs is 1. The lowest BCUT2D eigenvalue weighted by Gasteiger charge is -1.84. The molecule has 0 aliphatic heterocycles. The average Bonchev–Trinajstić information content (AvgIpc) is 2.33. The zero-order valence-electron chi connectivity index (χ0n) is 5.44. The van der Waals surface area contributed by atoms with Crippen LogP contribution in [0.15, 0.2) is 30.6 Å². The first-order valence-electron chi connectivity index (χ1n) is 2.72. The lowest BCUT2D eigenvalue weighted by atomic mass is 10.4. The highest BCUT2D eigenvalue weighted by Gasteiger charge is 1.86. The summed E-state index contributed by atoms with van der Waals surface area (Å²) in [6.45, 7) is 0. The molecule has 2 heterocycles. The summed E-state index contributed by atoms with van der Waals surface area (Å²) in [5.41, 5.74) is 1.03. The highest BCUT2D eigenvalue weighted by molar-refractivity contribution is 5.41. The summed E-state index contributed by atoms with van der Waals surface area (Å²) in [5.74, 6) is 0. The van der Waals surface area contributed by atoms with E-state index in [-0.39, 0.29) is 6.15 Å². The second-order valence-corrected chi connectivity index (χ2v) is 1.80. The van der Waals surface area contributed by atoms with Crippen molar-refractivity contribution in [3.8, 4) is 0 Å². The molecule has 0 fully saturated rings. The fourth-order valence-corrected chi connectivity index (χ4v) is 0.772. The Labute approximate surface area is 58.1 Å². The third kappa shape index (κ3) is 0.844. The second-order valence-electron chi connectivity index (χ2n) is 1.80. The van der Waals surface area contributed by atoms with Gasteiger partial charge in [-0.25, -0.2) is 4.52 Å². The molecular formula is C6H8N4. The summed E-state index contributed by atoms with van der Waals surface area (Å²) in [4.78, 5) is 0. The molecule has 0 amide bonds. The van der Waals surface area contributed by atoms with Gasteiger partial charge in [0.05, 0.1) is 11.7 Å². The van der Waals surface area contributed by atoms with Crippen molar-refractivity contribution in [3.05, 3.63) is 30.6 Å². The number of hydrogen-bond acceptors (Lipinski definition) is 3. The van der Waals surface area contributed by atoms with Crippen LogP contribution in [0, 0.1) is 0 Å². The van der Waals surface area contributed by atoms with Crippen LogP contribution in [-0.4, -0.2) is 14.8 Å². The van der Waals surface area contributed by atoms with E-state index in [4.69, 9.17) is 0 Å². The Morgan fingerprint density at radius 3 is 3.00 bits per heavy atom. The Balaban J connectivity index is 0.000000500. The van der Waals surface area contributed by atoms with Crippen molar-refractivity contribution in [3.63, 3.8) is 0 Å². The molecule has 4 nitrogen and oxygen atoms in total. The van der Waals surface area contributed by atoms with Crippen molar-refractivity contribution < 1.29 is 0 Å². The Bertz CT molecular complexity index is 284. The molecule has 2 rings (SSSR count). The molecule has 0 atom stereocenters. The minimum Gasteiger partial charge on any atom is -0.344 e. The molecule has 2 aromatic heterocycles. The first-order chi connectivity index (χ1) is 4.47. The van der Waals surface area contributed by atoms with Gasteiger partial charge in [0.15, 0.2) is 0 Å². The van der Waals surface area contributed by atoms with E-state index < -0.39 is 0 Å². The molecule has 0 unspecified atom stereocenters. The van der Waals surface area contributed by atoms with Crippen LogP contribution in [0.2, 0.25) is 0 Å². The van der Waals surface area contributed by atoms with Crippen molar-refractivity contribution >= 4 is 5.52 Å². The summed E-state index contributed by atoms with van der Waals surface area (Å²) in [7, 11) is 0. The predicted molar refractivity (Wildman–Crippen MR) is 38.0 cm³/mol. The SMILES string of the molecule is N.c1ccn2nncc2c1. The molecule has 52 valence electrons. The maximum Gasteiger partial charge on any atom is 0.0864 e. The maximum absolute atomic E-state index is 3.79. The van der Waals surface area contributed by atoms with Crippen LogP contribution in [0.1, 0.15) is 0 Å². The zero-order chi connectivity index (χ0) is 6.10.